The molecule has 0 aromatic heterocycles. The smallest absolute Gasteiger partial charge is 0.253 e. The number of halogens is 2. The van der Waals surface area contributed by atoms with Crippen LogP contribution in [0.4, 0.5) is 0 Å². The van der Waals surface area contributed by atoms with Gasteiger partial charge in [0.2, 0.25) is 0 Å². The number of methoxy groups -OCH3 is 1. The van der Waals surface area contributed by atoms with Gasteiger partial charge in [0, 0.05) is 25.7 Å². The molecule has 2 atom stereocenters. The van der Waals surface area contributed by atoms with Crippen LogP contribution in [-0.2, 0) is 9.53 Å². The molecule has 0 aliphatic rings. The highest BCUT2D eigenvalue weighted by molar-refractivity contribution is 6.30. The van der Waals surface area contributed by atoms with Crippen molar-refractivity contribution in [2.24, 2.45) is 5.73 Å². The van der Waals surface area contributed by atoms with E-state index in [4.69, 9.17) is 22.1 Å². The molecule has 4 nitrogen and oxygen atoms in total. The molecule has 0 spiro atoms. The van der Waals surface area contributed by atoms with E-state index in [0.29, 0.717) is 5.02 Å². The molecule has 19 heavy (non-hydrogen) atoms. The van der Waals surface area contributed by atoms with Crippen LogP contribution in [0.3, 0.4) is 0 Å². The molecule has 1 aromatic rings. The summed E-state index contributed by atoms with van der Waals surface area (Å²) in [5.41, 5.74) is 6.51. The number of carbonyl (C=O) groups is 1. The summed E-state index contributed by atoms with van der Waals surface area (Å²) in [5.74, 6) is -0.123. The number of hydrogen-bond acceptors (Lipinski definition) is 3. The van der Waals surface area contributed by atoms with Gasteiger partial charge in [-0.3, -0.25) is 4.79 Å². The first-order valence-electron chi connectivity index (χ1n) is 5.76. The fraction of sp³-hybridized carbons (Fsp3) is 0.462. The fourth-order valence-corrected chi connectivity index (χ4v) is 1.81. The van der Waals surface area contributed by atoms with Crippen molar-refractivity contribution < 1.29 is 9.53 Å². The Morgan fingerprint density at radius 1 is 1.42 bits per heavy atom. The zero-order valence-electron chi connectivity index (χ0n) is 11.3. The highest BCUT2D eigenvalue weighted by Crippen LogP contribution is 2.21. The molecule has 0 aliphatic heterocycles. The molecule has 1 aromatic carbocycles. The Labute approximate surface area is 125 Å². The van der Waals surface area contributed by atoms with Gasteiger partial charge in [-0.1, -0.05) is 23.7 Å². The molecule has 2 N–H and O–H groups in total. The molecule has 0 fully saturated rings. The van der Waals surface area contributed by atoms with Crippen molar-refractivity contribution in [1.29, 1.82) is 0 Å². The Hall–Kier alpha value is -0.810. The minimum absolute atomic E-state index is 0. The zero-order valence-corrected chi connectivity index (χ0v) is 12.9. The maximum absolute atomic E-state index is 12.1. The van der Waals surface area contributed by atoms with Crippen molar-refractivity contribution in [2.45, 2.75) is 19.1 Å². The summed E-state index contributed by atoms with van der Waals surface area (Å²) >= 11 is 5.84. The minimum atomic E-state index is -0.593. The van der Waals surface area contributed by atoms with Crippen LogP contribution in [0.2, 0.25) is 5.02 Å². The van der Waals surface area contributed by atoms with Crippen molar-refractivity contribution in [2.75, 3.05) is 20.7 Å². The Morgan fingerprint density at radius 2 is 1.95 bits per heavy atom. The van der Waals surface area contributed by atoms with Gasteiger partial charge in [-0.05, 0) is 24.6 Å². The van der Waals surface area contributed by atoms with Gasteiger partial charge in [0.15, 0.2) is 0 Å². The number of hydrogen-bond donors (Lipinski definition) is 1. The standard InChI is InChI=1S/C13H19ClN2O2.ClH/c1-9(10-4-6-11(14)7-5-10)16(2)13(17)12(8-15)18-3;/h4-7,9,12H,8,15H2,1-3H3;1H. The largest absolute Gasteiger partial charge is 0.370 e. The van der Waals surface area contributed by atoms with E-state index >= 15 is 0 Å². The number of nitrogens with zero attached hydrogens (tertiary/aromatic N) is 1. The van der Waals surface area contributed by atoms with E-state index < -0.39 is 6.10 Å². The lowest BCUT2D eigenvalue weighted by molar-refractivity contribution is -0.142. The van der Waals surface area contributed by atoms with Crippen molar-refractivity contribution >= 4 is 29.9 Å². The summed E-state index contributed by atoms with van der Waals surface area (Å²) in [6.07, 6.45) is -0.593. The summed E-state index contributed by atoms with van der Waals surface area (Å²) in [6.45, 7) is 2.12. The second-order valence-corrected chi connectivity index (χ2v) is 4.57. The highest BCUT2D eigenvalue weighted by atomic mass is 35.5. The van der Waals surface area contributed by atoms with Gasteiger partial charge in [-0.15, -0.1) is 12.4 Å². The van der Waals surface area contributed by atoms with Crippen LogP contribution < -0.4 is 5.73 Å². The molecule has 1 rings (SSSR count). The third-order valence-electron chi connectivity index (χ3n) is 3.06. The van der Waals surface area contributed by atoms with E-state index in [-0.39, 0.29) is 30.9 Å². The van der Waals surface area contributed by atoms with Crippen LogP contribution in [0, 0.1) is 0 Å². The number of ether oxygens (including phenoxy) is 1. The lowest BCUT2D eigenvalue weighted by atomic mass is 10.1. The molecule has 0 saturated carbocycles. The van der Waals surface area contributed by atoms with E-state index in [2.05, 4.69) is 0 Å². The second-order valence-electron chi connectivity index (χ2n) is 4.14. The number of nitrogens with two attached hydrogens (primary N) is 1. The third kappa shape index (κ3) is 4.66. The first-order chi connectivity index (χ1) is 8.51. The Balaban J connectivity index is 0.00000324. The number of carbonyl (C=O) groups excluding carboxylic acids is 1. The topological polar surface area (TPSA) is 55.6 Å². The lowest BCUT2D eigenvalue weighted by Gasteiger charge is -2.28. The highest BCUT2D eigenvalue weighted by Gasteiger charge is 2.24. The van der Waals surface area contributed by atoms with E-state index in [1.54, 1.807) is 11.9 Å². The summed E-state index contributed by atoms with van der Waals surface area (Å²) in [7, 11) is 3.22. The SMILES string of the molecule is COC(CN)C(=O)N(C)C(C)c1ccc(Cl)cc1.Cl. The normalized spacial score (nSPS) is 13.3. The number of likely N-dealkylation sites (N-methyl/N-ethyl adjacent to an activating group) is 1. The predicted octanol–water partition coefficient (Wildman–Crippen LogP) is 2.25. The number of rotatable bonds is 5. The molecule has 0 radical (unpaired) electrons. The molecule has 2 unspecified atom stereocenters. The Bertz CT molecular complexity index is 394. The van der Waals surface area contributed by atoms with Crippen LogP contribution in [-0.4, -0.2) is 37.6 Å². The van der Waals surface area contributed by atoms with Gasteiger partial charge in [-0.25, -0.2) is 0 Å². The maximum atomic E-state index is 12.1. The second kappa shape index (κ2) is 8.38. The molecule has 6 heteroatoms. The van der Waals surface area contributed by atoms with Crippen LogP contribution in [0.25, 0.3) is 0 Å². The first-order valence-corrected chi connectivity index (χ1v) is 6.14. The van der Waals surface area contributed by atoms with Gasteiger partial charge >= 0.3 is 0 Å². The fourth-order valence-electron chi connectivity index (χ4n) is 1.68. The molecule has 108 valence electrons. The molecule has 0 heterocycles. The Kier molecular flexibility index (Phi) is 8.02. The lowest BCUT2D eigenvalue weighted by Crippen LogP contribution is -2.42. The number of benzene rings is 1. The minimum Gasteiger partial charge on any atom is -0.370 e. The van der Waals surface area contributed by atoms with Gasteiger partial charge in [-0.2, -0.15) is 0 Å². The first kappa shape index (κ1) is 18.2. The maximum Gasteiger partial charge on any atom is 0.253 e. The average Bonchev–Trinajstić information content (AvgIpc) is 2.39. The Morgan fingerprint density at radius 3 is 2.37 bits per heavy atom. The van der Waals surface area contributed by atoms with Crippen molar-refractivity contribution in [3.63, 3.8) is 0 Å². The third-order valence-corrected chi connectivity index (χ3v) is 3.31. The molecule has 1 amide bonds. The zero-order chi connectivity index (χ0) is 13.7. The quantitative estimate of drug-likeness (QED) is 0.908. The number of amides is 1. The van der Waals surface area contributed by atoms with Crippen LogP contribution in [0.1, 0.15) is 18.5 Å². The van der Waals surface area contributed by atoms with Gasteiger partial charge in [0.05, 0.1) is 6.04 Å². The molecule has 0 saturated heterocycles. The molecule has 0 aliphatic carbocycles. The monoisotopic (exact) mass is 306 g/mol. The average molecular weight is 307 g/mol. The molecular weight excluding hydrogens is 287 g/mol. The van der Waals surface area contributed by atoms with Gasteiger partial charge in [0.25, 0.3) is 5.91 Å². The van der Waals surface area contributed by atoms with E-state index in [1.165, 1.54) is 7.11 Å². The predicted molar refractivity (Wildman–Crippen MR) is 79.7 cm³/mol. The summed E-state index contributed by atoms with van der Waals surface area (Å²) in [4.78, 5) is 13.7. The molecule has 0 bridgehead atoms. The van der Waals surface area contributed by atoms with E-state index in [1.807, 2.05) is 31.2 Å². The van der Waals surface area contributed by atoms with Crippen LogP contribution >= 0.6 is 24.0 Å². The van der Waals surface area contributed by atoms with E-state index in [0.717, 1.165) is 5.56 Å². The summed E-state index contributed by atoms with van der Waals surface area (Å²) in [5, 5.41) is 0.677. The van der Waals surface area contributed by atoms with Crippen molar-refractivity contribution in [3.05, 3.63) is 34.9 Å². The van der Waals surface area contributed by atoms with Crippen LogP contribution in [0.15, 0.2) is 24.3 Å². The van der Waals surface area contributed by atoms with Gasteiger partial charge in [0.1, 0.15) is 6.10 Å². The molecular formula is C13H20Cl2N2O2. The van der Waals surface area contributed by atoms with Crippen molar-refractivity contribution in [3.8, 4) is 0 Å². The summed E-state index contributed by atoms with van der Waals surface area (Å²) < 4.78 is 5.05. The summed E-state index contributed by atoms with van der Waals surface area (Å²) in [6, 6.07) is 7.37. The van der Waals surface area contributed by atoms with Crippen LogP contribution in [0.5, 0.6) is 0 Å². The van der Waals surface area contributed by atoms with Gasteiger partial charge < -0.3 is 15.4 Å². The van der Waals surface area contributed by atoms with E-state index in [9.17, 15) is 4.79 Å². The van der Waals surface area contributed by atoms with Crippen molar-refractivity contribution in [1.82, 2.24) is 4.90 Å².